The highest BCUT2D eigenvalue weighted by Crippen LogP contribution is 2.36. The van der Waals surface area contributed by atoms with Gasteiger partial charge in [-0.1, -0.05) is 32.1 Å². The maximum absolute atomic E-state index is 6.01. The van der Waals surface area contributed by atoms with Gasteiger partial charge in [0.05, 0.1) is 0 Å². The van der Waals surface area contributed by atoms with Gasteiger partial charge in [0.2, 0.25) is 0 Å². The van der Waals surface area contributed by atoms with Crippen molar-refractivity contribution < 1.29 is 0 Å². The van der Waals surface area contributed by atoms with E-state index in [0.29, 0.717) is 0 Å². The first kappa shape index (κ1) is 11.4. The van der Waals surface area contributed by atoms with Gasteiger partial charge in [-0.15, -0.1) is 0 Å². The fraction of sp³-hybridized carbons (Fsp3) is 1.00. The highest BCUT2D eigenvalue weighted by molar-refractivity contribution is 4.83. The van der Waals surface area contributed by atoms with E-state index in [9.17, 15) is 0 Å². The average molecular weight is 210 g/mol. The Kier molecular flexibility index (Phi) is 4.45. The number of nitrogens with two attached hydrogens (primary N) is 1. The number of rotatable bonds is 3. The minimum Gasteiger partial charge on any atom is -0.330 e. The van der Waals surface area contributed by atoms with Crippen LogP contribution in [0.4, 0.5) is 0 Å². The van der Waals surface area contributed by atoms with Crippen LogP contribution in [0.2, 0.25) is 0 Å². The molecule has 1 unspecified atom stereocenters. The van der Waals surface area contributed by atoms with Crippen LogP contribution in [0.5, 0.6) is 0 Å². The molecule has 1 atom stereocenters. The third-order valence-electron chi connectivity index (χ3n) is 4.52. The predicted molar refractivity (Wildman–Crippen MR) is 64.7 cm³/mol. The molecule has 0 aromatic rings. The van der Waals surface area contributed by atoms with Gasteiger partial charge >= 0.3 is 0 Å². The van der Waals surface area contributed by atoms with Crippen molar-refractivity contribution in [2.75, 3.05) is 19.6 Å². The maximum atomic E-state index is 6.01. The molecule has 2 rings (SSSR count). The summed E-state index contributed by atoms with van der Waals surface area (Å²) < 4.78 is 0. The van der Waals surface area contributed by atoms with Crippen molar-refractivity contribution in [3.05, 3.63) is 0 Å². The summed E-state index contributed by atoms with van der Waals surface area (Å²) in [4.78, 5) is 0. The second kappa shape index (κ2) is 5.86. The van der Waals surface area contributed by atoms with Crippen molar-refractivity contribution in [1.29, 1.82) is 0 Å². The molecule has 2 aliphatic rings. The van der Waals surface area contributed by atoms with Gasteiger partial charge in [-0.3, -0.25) is 0 Å². The molecule has 3 N–H and O–H groups in total. The highest BCUT2D eigenvalue weighted by atomic mass is 14.9. The summed E-state index contributed by atoms with van der Waals surface area (Å²) in [5, 5.41) is 3.46. The molecule has 0 aromatic heterocycles. The fourth-order valence-electron chi connectivity index (χ4n) is 3.60. The Morgan fingerprint density at radius 1 is 0.933 bits per heavy atom. The summed E-state index contributed by atoms with van der Waals surface area (Å²) >= 11 is 0. The lowest BCUT2D eigenvalue weighted by molar-refractivity contribution is 0.155. The highest BCUT2D eigenvalue weighted by Gasteiger charge is 2.30. The lowest BCUT2D eigenvalue weighted by Gasteiger charge is -2.37. The van der Waals surface area contributed by atoms with E-state index in [4.69, 9.17) is 5.73 Å². The molecule has 2 nitrogen and oxygen atoms in total. The van der Waals surface area contributed by atoms with E-state index in [2.05, 4.69) is 5.32 Å². The van der Waals surface area contributed by atoms with Crippen LogP contribution in [-0.4, -0.2) is 19.6 Å². The van der Waals surface area contributed by atoms with E-state index < -0.39 is 0 Å². The Morgan fingerprint density at radius 3 is 2.13 bits per heavy atom. The Morgan fingerprint density at radius 2 is 1.53 bits per heavy atom. The van der Waals surface area contributed by atoms with Crippen molar-refractivity contribution in [3.8, 4) is 0 Å². The van der Waals surface area contributed by atoms with Gasteiger partial charge in [-0.2, -0.15) is 0 Å². The van der Waals surface area contributed by atoms with Crippen molar-refractivity contribution in [2.24, 2.45) is 23.5 Å². The van der Waals surface area contributed by atoms with Gasteiger partial charge in [-0.05, 0) is 50.2 Å². The van der Waals surface area contributed by atoms with Gasteiger partial charge in [0.25, 0.3) is 0 Å². The predicted octanol–water partition coefficient (Wildman–Crippen LogP) is 2.14. The van der Waals surface area contributed by atoms with E-state index in [1.807, 2.05) is 0 Å². The minimum absolute atomic E-state index is 0.826. The summed E-state index contributed by atoms with van der Waals surface area (Å²) in [6.07, 6.45) is 9.98. The van der Waals surface area contributed by atoms with Crippen LogP contribution >= 0.6 is 0 Å². The quantitative estimate of drug-likeness (QED) is 0.749. The van der Waals surface area contributed by atoms with Crippen LogP contribution < -0.4 is 11.1 Å². The first-order valence-electron chi connectivity index (χ1n) is 6.82. The lowest BCUT2D eigenvalue weighted by Crippen LogP contribution is -2.38. The van der Waals surface area contributed by atoms with Gasteiger partial charge < -0.3 is 11.1 Å². The van der Waals surface area contributed by atoms with Gasteiger partial charge in [0.1, 0.15) is 0 Å². The zero-order chi connectivity index (χ0) is 10.5. The molecule has 0 radical (unpaired) electrons. The third kappa shape index (κ3) is 2.94. The first-order chi connectivity index (χ1) is 7.42. The van der Waals surface area contributed by atoms with Crippen molar-refractivity contribution in [3.63, 3.8) is 0 Å². The average Bonchev–Trinajstić information content (AvgIpc) is 2.33. The van der Waals surface area contributed by atoms with Crippen LogP contribution in [0.25, 0.3) is 0 Å². The first-order valence-corrected chi connectivity index (χ1v) is 6.82. The Labute approximate surface area is 94.0 Å². The molecule has 1 saturated carbocycles. The number of hydrogen-bond donors (Lipinski definition) is 2. The SMILES string of the molecule is NCC(C1CCCCC1)C1CCNCC1. The molecule has 1 heterocycles. The number of nitrogens with one attached hydrogen (secondary N) is 1. The van der Waals surface area contributed by atoms with Crippen LogP contribution in [0.3, 0.4) is 0 Å². The Hall–Kier alpha value is -0.0800. The zero-order valence-electron chi connectivity index (χ0n) is 9.88. The van der Waals surface area contributed by atoms with Crippen LogP contribution in [-0.2, 0) is 0 Å². The van der Waals surface area contributed by atoms with Gasteiger partial charge in [0.15, 0.2) is 0 Å². The van der Waals surface area contributed by atoms with E-state index in [1.165, 1.54) is 58.0 Å². The Balaban J connectivity index is 1.88. The second-order valence-electron chi connectivity index (χ2n) is 5.39. The molecule has 1 saturated heterocycles. The summed E-state index contributed by atoms with van der Waals surface area (Å²) in [5.74, 6) is 2.69. The topological polar surface area (TPSA) is 38.0 Å². The largest absolute Gasteiger partial charge is 0.330 e. The molecule has 0 bridgehead atoms. The Bertz CT molecular complexity index is 151. The summed E-state index contributed by atoms with van der Waals surface area (Å²) in [7, 11) is 0. The fourth-order valence-corrected chi connectivity index (χ4v) is 3.60. The smallest absolute Gasteiger partial charge is 0.00435 e. The van der Waals surface area contributed by atoms with Crippen LogP contribution in [0.15, 0.2) is 0 Å². The molecule has 2 heteroatoms. The van der Waals surface area contributed by atoms with Crippen molar-refractivity contribution in [1.82, 2.24) is 5.32 Å². The van der Waals surface area contributed by atoms with Gasteiger partial charge in [0, 0.05) is 0 Å². The van der Waals surface area contributed by atoms with Crippen molar-refractivity contribution in [2.45, 2.75) is 44.9 Å². The van der Waals surface area contributed by atoms with E-state index >= 15 is 0 Å². The minimum atomic E-state index is 0.826. The van der Waals surface area contributed by atoms with Gasteiger partial charge in [-0.25, -0.2) is 0 Å². The van der Waals surface area contributed by atoms with E-state index in [-0.39, 0.29) is 0 Å². The molecular weight excluding hydrogens is 184 g/mol. The molecule has 0 aromatic carbocycles. The lowest BCUT2D eigenvalue weighted by atomic mass is 9.71. The van der Waals surface area contributed by atoms with Crippen LogP contribution in [0.1, 0.15) is 44.9 Å². The standard InChI is InChI=1S/C13H26N2/c14-10-13(11-4-2-1-3-5-11)12-6-8-15-9-7-12/h11-13,15H,1-10,14H2. The maximum Gasteiger partial charge on any atom is -0.00435 e. The zero-order valence-corrected chi connectivity index (χ0v) is 9.88. The molecule has 15 heavy (non-hydrogen) atoms. The molecule has 1 aliphatic heterocycles. The molecule has 0 spiro atoms. The molecule has 2 fully saturated rings. The molecule has 0 amide bonds. The van der Waals surface area contributed by atoms with Crippen LogP contribution in [0, 0.1) is 17.8 Å². The summed E-state index contributed by atoms with van der Waals surface area (Å²) in [5.41, 5.74) is 6.01. The molecular formula is C13H26N2. The summed E-state index contributed by atoms with van der Waals surface area (Å²) in [6.45, 7) is 3.36. The third-order valence-corrected chi connectivity index (χ3v) is 4.52. The molecule has 1 aliphatic carbocycles. The van der Waals surface area contributed by atoms with E-state index in [0.717, 1.165) is 24.3 Å². The van der Waals surface area contributed by atoms with Crippen molar-refractivity contribution >= 4 is 0 Å². The monoisotopic (exact) mass is 210 g/mol. The van der Waals surface area contributed by atoms with E-state index in [1.54, 1.807) is 0 Å². The number of piperidine rings is 1. The second-order valence-corrected chi connectivity index (χ2v) is 5.39. The molecule has 88 valence electrons. The number of hydrogen-bond acceptors (Lipinski definition) is 2. The normalized spacial score (nSPS) is 27.8. The summed E-state index contributed by atoms with van der Waals surface area (Å²) in [6, 6.07) is 0.